The van der Waals surface area contributed by atoms with Crippen LogP contribution in [0, 0.1) is 15.3 Å². The predicted molar refractivity (Wildman–Crippen MR) is 25.7 cm³/mol. The van der Waals surface area contributed by atoms with Gasteiger partial charge < -0.3 is 25.2 Å². The van der Waals surface area contributed by atoms with Crippen LogP contribution in [0.3, 0.4) is 0 Å². The van der Waals surface area contributed by atoms with Gasteiger partial charge in [0.15, 0.2) is 0 Å². The summed E-state index contributed by atoms with van der Waals surface area (Å²) in [7, 11) is 0. The zero-order chi connectivity index (χ0) is 7.86. The molecule has 54 valence electrons. The number of hydrogen-bond donors (Lipinski definition) is 0. The van der Waals surface area contributed by atoms with E-state index in [-0.39, 0.29) is 6.42 Å². The molecule has 0 aliphatic rings. The predicted octanol–water partition coefficient (Wildman–Crippen LogP) is -1.09. The number of rotatable bonds is 1. The van der Waals surface area contributed by atoms with E-state index >= 15 is 0 Å². The minimum absolute atomic E-state index is 0.111. The molecule has 0 atom stereocenters. The van der Waals surface area contributed by atoms with Crippen molar-refractivity contribution in [2.24, 2.45) is 0 Å². The fourth-order valence-corrected chi connectivity index (χ4v) is 0. The molecule has 0 heterocycles. The van der Waals surface area contributed by atoms with Gasteiger partial charge in [0.25, 0.3) is 0 Å². The van der Waals surface area contributed by atoms with Gasteiger partial charge in [-0.15, -0.1) is 0 Å². The Morgan fingerprint density at radius 2 is 1.67 bits per heavy atom. The first-order valence-corrected chi connectivity index (χ1v) is 2.02. The molecule has 0 aliphatic carbocycles. The molecule has 0 radical (unpaired) electrons. The van der Waals surface area contributed by atoms with Crippen molar-refractivity contribution in [1.82, 2.24) is 0 Å². The van der Waals surface area contributed by atoms with Crippen molar-refractivity contribution in [2.75, 3.05) is 0 Å². The first-order chi connectivity index (χ1) is 4.00. The van der Waals surface area contributed by atoms with E-state index in [1.165, 1.54) is 6.92 Å². The lowest BCUT2D eigenvalue weighted by Crippen LogP contribution is -2.19. The van der Waals surface area contributed by atoms with Crippen molar-refractivity contribution in [3.05, 3.63) is 15.3 Å². The molecule has 0 aromatic heterocycles. The van der Waals surface area contributed by atoms with E-state index in [0.717, 1.165) is 0 Å². The standard InChI is InChI=1S/C3H6O2.NO3/c1-2-3(4)5;2-1(3)4/h2H2,1H3,(H,4,5);/q;-1/p-1. The molecule has 0 aromatic rings. The molecule has 9 heavy (non-hydrogen) atoms. The van der Waals surface area contributed by atoms with Crippen LogP contribution in [0.2, 0.25) is 0 Å². The number of carboxylic acids is 1. The van der Waals surface area contributed by atoms with Crippen LogP contribution in [0.25, 0.3) is 0 Å². The van der Waals surface area contributed by atoms with Crippen LogP contribution in [0.1, 0.15) is 13.3 Å². The zero-order valence-electron chi connectivity index (χ0n) is 4.70. The summed E-state index contributed by atoms with van der Waals surface area (Å²) in [5.74, 6) is -0.995. The molecule has 0 saturated carbocycles. The van der Waals surface area contributed by atoms with E-state index in [1.54, 1.807) is 0 Å². The molecule has 6 heteroatoms. The second kappa shape index (κ2) is 6.67. The van der Waals surface area contributed by atoms with E-state index < -0.39 is 11.1 Å². The molecule has 0 N–H and O–H groups in total. The summed E-state index contributed by atoms with van der Waals surface area (Å²) in [6, 6.07) is 0. The van der Waals surface area contributed by atoms with Gasteiger partial charge in [-0.3, -0.25) is 0 Å². The highest BCUT2D eigenvalue weighted by molar-refractivity contribution is 5.63. The SMILES string of the molecule is CCC(=O)[O-].O=[N+]([O-])[O-]. The molecular formula is C3H5NO5-2. The average Bonchev–Trinajstić information content (AvgIpc) is 1.65. The maximum atomic E-state index is 9.26. The lowest BCUT2D eigenvalue weighted by atomic mass is 10.5. The van der Waals surface area contributed by atoms with Gasteiger partial charge in [-0.1, -0.05) is 6.92 Å². The average molecular weight is 135 g/mol. The van der Waals surface area contributed by atoms with Crippen LogP contribution in [-0.4, -0.2) is 11.1 Å². The third-order valence-corrected chi connectivity index (χ3v) is 0.289. The maximum Gasteiger partial charge on any atom is 0.0689 e. The Bertz CT molecular complexity index is 96.4. The smallest absolute Gasteiger partial charge is 0.0689 e. The minimum Gasteiger partial charge on any atom is -0.550 e. The second-order valence-electron chi connectivity index (χ2n) is 0.949. The number of carbonyl (C=O) groups excluding carboxylic acids is 1. The highest BCUT2D eigenvalue weighted by atomic mass is 16.9. The molecule has 0 fully saturated rings. The van der Waals surface area contributed by atoms with E-state index in [9.17, 15) is 9.90 Å². The van der Waals surface area contributed by atoms with Crippen LogP contribution < -0.4 is 5.11 Å². The van der Waals surface area contributed by atoms with Gasteiger partial charge in [-0.25, -0.2) is 0 Å². The van der Waals surface area contributed by atoms with Crippen molar-refractivity contribution < 1.29 is 15.0 Å². The van der Waals surface area contributed by atoms with Crippen molar-refractivity contribution in [3.63, 3.8) is 0 Å². The summed E-state index contributed by atoms with van der Waals surface area (Å²) in [6.45, 7) is 1.54. The molecule has 0 spiro atoms. The Morgan fingerprint density at radius 3 is 1.67 bits per heavy atom. The topological polar surface area (TPSA) is 106 Å². The van der Waals surface area contributed by atoms with E-state index in [4.69, 9.17) is 15.3 Å². The van der Waals surface area contributed by atoms with Gasteiger partial charge in [0.05, 0.1) is 5.09 Å². The number of aliphatic carboxylic acids is 1. The Labute approximate surface area is 50.8 Å². The van der Waals surface area contributed by atoms with Crippen LogP contribution in [0.4, 0.5) is 0 Å². The Balaban J connectivity index is 0. The van der Waals surface area contributed by atoms with E-state index in [0.29, 0.717) is 0 Å². The first-order valence-electron chi connectivity index (χ1n) is 2.02. The fourth-order valence-electron chi connectivity index (χ4n) is 0. The highest BCUT2D eigenvalue weighted by Gasteiger charge is 1.65. The molecule has 0 rings (SSSR count). The number of nitrogens with zero attached hydrogens (tertiary/aromatic N) is 1. The lowest BCUT2D eigenvalue weighted by Gasteiger charge is -1.87. The quantitative estimate of drug-likeness (QED) is 0.335. The Hall–Kier alpha value is -1.33. The molecule has 0 amide bonds. The van der Waals surface area contributed by atoms with Gasteiger partial charge in [0.1, 0.15) is 0 Å². The van der Waals surface area contributed by atoms with Crippen molar-refractivity contribution >= 4 is 5.97 Å². The Kier molecular flexibility index (Phi) is 7.87. The molecular weight excluding hydrogens is 130 g/mol. The summed E-state index contributed by atoms with van der Waals surface area (Å²) in [5, 5.41) is 24.0. The summed E-state index contributed by atoms with van der Waals surface area (Å²) in [6.07, 6.45) is 0.111. The number of carbonyl (C=O) groups is 1. The minimum atomic E-state index is -1.75. The lowest BCUT2D eigenvalue weighted by molar-refractivity contribution is -0.402. The molecule has 6 nitrogen and oxygen atoms in total. The molecule has 0 bridgehead atoms. The van der Waals surface area contributed by atoms with Gasteiger partial charge in [-0.2, -0.15) is 0 Å². The van der Waals surface area contributed by atoms with Crippen LogP contribution >= 0.6 is 0 Å². The zero-order valence-corrected chi connectivity index (χ0v) is 4.70. The van der Waals surface area contributed by atoms with E-state index in [2.05, 4.69) is 0 Å². The van der Waals surface area contributed by atoms with Crippen molar-refractivity contribution in [2.45, 2.75) is 13.3 Å². The van der Waals surface area contributed by atoms with Crippen molar-refractivity contribution in [1.29, 1.82) is 0 Å². The third kappa shape index (κ3) is 324. The van der Waals surface area contributed by atoms with Gasteiger partial charge in [0, 0.05) is 5.97 Å². The number of hydrogen-bond acceptors (Lipinski definition) is 5. The van der Waals surface area contributed by atoms with Crippen molar-refractivity contribution in [3.8, 4) is 0 Å². The molecule has 0 unspecified atom stereocenters. The number of carboxylic acid groups (broad SMARTS) is 1. The first kappa shape index (κ1) is 10.6. The summed E-state index contributed by atoms with van der Waals surface area (Å²) in [5.41, 5.74) is 0. The highest BCUT2D eigenvalue weighted by Crippen LogP contribution is 1.61. The van der Waals surface area contributed by atoms with Crippen LogP contribution in [-0.2, 0) is 4.79 Å². The normalized spacial score (nSPS) is 6.78. The maximum absolute atomic E-state index is 9.26. The fraction of sp³-hybridized carbons (Fsp3) is 0.667. The van der Waals surface area contributed by atoms with Gasteiger partial charge >= 0.3 is 0 Å². The molecule has 0 aromatic carbocycles. The molecule has 0 aliphatic heterocycles. The molecule has 0 saturated heterocycles. The van der Waals surface area contributed by atoms with Gasteiger partial charge in [-0.05, 0) is 6.42 Å². The van der Waals surface area contributed by atoms with Gasteiger partial charge in [0.2, 0.25) is 0 Å². The Morgan fingerprint density at radius 1 is 1.56 bits per heavy atom. The van der Waals surface area contributed by atoms with Crippen LogP contribution in [0.15, 0.2) is 0 Å². The summed E-state index contributed by atoms with van der Waals surface area (Å²) >= 11 is 0. The van der Waals surface area contributed by atoms with Crippen LogP contribution in [0.5, 0.6) is 0 Å². The summed E-state index contributed by atoms with van der Waals surface area (Å²) in [4.78, 5) is 17.5. The monoisotopic (exact) mass is 135 g/mol. The largest absolute Gasteiger partial charge is 0.550 e. The second-order valence-corrected chi connectivity index (χ2v) is 0.949. The third-order valence-electron chi connectivity index (χ3n) is 0.289. The van der Waals surface area contributed by atoms with E-state index in [1.807, 2.05) is 0 Å². The summed E-state index contributed by atoms with van der Waals surface area (Å²) < 4.78 is 0.